The number of aryl methyl sites for hydroxylation is 1. The fourth-order valence-corrected chi connectivity index (χ4v) is 3.35. The van der Waals surface area contributed by atoms with E-state index in [1.807, 2.05) is 0 Å². The molecule has 32 heavy (non-hydrogen) atoms. The van der Waals surface area contributed by atoms with Crippen molar-refractivity contribution in [3.8, 4) is 0 Å². The second-order valence-electron chi connectivity index (χ2n) is 6.84. The lowest BCUT2D eigenvalue weighted by Crippen LogP contribution is -2.21. The van der Waals surface area contributed by atoms with E-state index in [0.29, 0.717) is 12.8 Å². The number of nitrogens with zero attached hydrogens (tertiary/aromatic N) is 2. The molecule has 0 saturated heterocycles. The molecule has 176 valence electrons. The van der Waals surface area contributed by atoms with Gasteiger partial charge in [0.15, 0.2) is 29.0 Å². The van der Waals surface area contributed by atoms with E-state index >= 15 is 0 Å². The Kier molecular flexibility index (Phi) is 6.13. The molecule has 0 bridgehead atoms. The topological polar surface area (TPSA) is 46.9 Å². The van der Waals surface area contributed by atoms with Crippen LogP contribution in [-0.4, -0.2) is 15.7 Å². The maximum absolute atomic E-state index is 13.9. The lowest BCUT2D eigenvalue weighted by atomic mass is 10.1. The number of hydrogen-bond donors (Lipinski definition) is 1. The first-order valence-electron chi connectivity index (χ1n) is 8.71. The summed E-state index contributed by atoms with van der Waals surface area (Å²) >= 11 is 5.74. The summed E-state index contributed by atoms with van der Waals surface area (Å²) in [5, 5.41) is 4.04. The summed E-state index contributed by atoms with van der Waals surface area (Å²) in [6.07, 6.45) is -10.4. The van der Waals surface area contributed by atoms with Gasteiger partial charge in [0, 0.05) is 12.3 Å². The summed E-state index contributed by atoms with van der Waals surface area (Å²) in [7, 11) is 0. The number of benzene rings is 1. The standard InChI is InChI=1S/C17H10ClF10N3O/c18-8-14(5-1-2-5)31(30-15(8)17(26,27)28)4-3-6(32)29-13-11(21)9(19)7(16(23,24)25)10(20)12(13)22/h5H,1-4H2,(H,29,32). The van der Waals surface area contributed by atoms with E-state index in [0.717, 1.165) is 4.68 Å². The summed E-state index contributed by atoms with van der Waals surface area (Å²) in [4.78, 5) is 12.0. The molecule has 1 fully saturated rings. The molecule has 1 saturated carbocycles. The van der Waals surface area contributed by atoms with Crippen LogP contribution in [0.25, 0.3) is 0 Å². The molecule has 1 amide bonds. The van der Waals surface area contributed by atoms with E-state index < -0.39 is 76.5 Å². The lowest BCUT2D eigenvalue weighted by molar-refractivity contribution is -0.143. The molecule has 0 radical (unpaired) electrons. The number of anilines is 1. The van der Waals surface area contributed by atoms with Crippen LogP contribution < -0.4 is 5.32 Å². The van der Waals surface area contributed by atoms with Crippen molar-refractivity contribution in [2.45, 2.75) is 44.1 Å². The Morgan fingerprint density at radius 3 is 1.94 bits per heavy atom. The average Bonchev–Trinajstić information content (AvgIpc) is 3.42. The zero-order valence-electron chi connectivity index (χ0n) is 15.4. The Labute approximate surface area is 177 Å². The Morgan fingerprint density at radius 1 is 0.969 bits per heavy atom. The van der Waals surface area contributed by atoms with E-state index in [-0.39, 0.29) is 11.6 Å². The van der Waals surface area contributed by atoms with Crippen molar-refractivity contribution >= 4 is 23.2 Å². The molecule has 0 aliphatic heterocycles. The van der Waals surface area contributed by atoms with Gasteiger partial charge >= 0.3 is 12.4 Å². The van der Waals surface area contributed by atoms with Crippen molar-refractivity contribution < 1.29 is 48.7 Å². The minimum atomic E-state index is -5.76. The van der Waals surface area contributed by atoms with Gasteiger partial charge in [0.05, 0.1) is 17.3 Å². The van der Waals surface area contributed by atoms with Crippen LogP contribution in [-0.2, 0) is 23.7 Å². The largest absolute Gasteiger partial charge is 0.436 e. The second kappa shape index (κ2) is 8.12. The number of hydrogen-bond acceptors (Lipinski definition) is 2. The molecule has 0 spiro atoms. The van der Waals surface area contributed by atoms with Crippen LogP contribution in [0.3, 0.4) is 0 Å². The molecule has 4 nitrogen and oxygen atoms in total. The van der Waals surface area contributed by atoms with Crippen LogP contribution in [0.15, 0.2) is 0 Å². The van der Waals surface area contributed by atoms with E-state index in [9.17, 15) is 48.7 Å². The third-order valence-corrected chi connectivity index (χ3v) is 4.90. The van der Waals surface area contributed by atoms with Crippen molar-refractivity contribution in [2.24, 2.45) is 0 Å². The van der Waals surface area contributed by atoms with Crippen LogP contribution in [0.5, 0.6) is 0 Å². The number of aromatic nitrogens is 2. The zero-order chi connectivity index (χ0) is 24.2. The minimum absolute atomic E-state index is 0.00392. The van der Waals surface area contributed by atoms with Crippen LogP contribution >= 0.6 is 11.6 Å². The number of halogens is 11. The molecule has 3 rings (SSSR count). The molecule has 1 aliphatic rings. The van der Waals surface area contributed by atoms with Gasteiger partial charge in [-0.1, -0.05) is 11.6 Å². The first-order chi connectivity index (χ1) is 14.6. The fraction of sp³-hybridized carbons (Fsp3) is 0.412. The van der Waals surface area contributed by atoms with Crippen molar-refractivity contribution in [1.29, 1.82) is 0 Å². The summed E-state index contributed by atoms with van der Waals surface area (Å²) in [5.41, 5.74) is -6.03. The molecule has 0 atom stereocenters. The highest BCUT2D eigenvalue weighted by Gasteiger charge is 2.43. The SMILES string of the molecule is O=C(CCn1nc(C(F)(F)F)c(Cl)c1C1CC1)Nc1c(F)c(F)c(C(F)(F)F)c(F)c1F. The quantitative estimate of drug-likeness (QED) is 0.405. The van der Waals surface area contributed by atoms with Gasteiger partial charge in [-0.05, 0) is 12.8 Å². The first-order valence-corrected chi connectivity index (χ1v) is 9.08. The predicted molar refractivity (Wildman–Crippen MR) is 88.7 cm³/mol. The number of nitrogens with one attached hydrogen (secondary N) is 1. The third kappa shape index (κ3) is 4.50. The Bertz CT molecular complexity index is 1040. The number of amides is 1. The van der Waals surface area contributed by atoms with E-state index in [1.54, 1.807) is 0 Å². The zero-order valence-corrected chi connectivity index (χ0v) is 16.1. The Hall–Kier alpha value is -2.51. The molecule has 1 aromatic heterocycles. The third-order valence-electron chi connectivity index (χ3n) is 4.53. The summed E-state index contributed by atoms with van der Waals surface area (Å²) in [6.45, 7) is -0.567. The van der Waals surface area contributed by atoms with Crippen LogP contribution in [0.4, 0.5) is 49.6 Å². The van der Waals surface area contributed by atoms with Gasteiger partial charge in [-0.3, -0.25) is 9.48 Å². The van der Waals surface area contributed by atoms with E-state index in [2.05, 4.69) is 5.10 Å². The first kappa shape index (κ1) is 24.1. The molecule has 1 heterocycles. The maximum Gasteiger partial charge on any atom is 0.436 e. The van der Waals surface area contributed by atoms with Crippen molar-refractivity contribution in [2.75, 3.05) is 5.32 Å². The highest BCUT2D eigenvalue weighted by Crippen LogP contribution is 2.47. The maximum atomic E-state index is 13.9. The van der Waals surface area contributed by atoms with Crippen molar-refractivity contribution in [3.63, 3.8) is 0 Å². The van der Waals surface area contributed by atoms with E-state index in [4.69, 9.17) is 11.6 Å². The average molecular weight is 498 g/mol. The van der Waals surface area contributed by atoms with Gasteiger partial charge in [-0.2, -0.15) is 31.4 Å². The predicted octanol–water partition coefficient (Wildman–Crippen LogP) is 6.04. The smallest absolute Gasteiger partial charge is 0.321 e. The minimum Gasteiger partial charge on any atom is -0.321 e. The highest BCUT2D eigenvalue weighted by atomic mass is 35.5. The molecule has 1 aliphatic carbocycles. The van der Waals surface area contributed by atoms with Crippen molar-refractivity contribution in [3.05, 3.63) is 45.2 Å². The molecular formula is C17H10ClF10N3O. The normalized spacial score (nSPS) is 14.7. The molecule has 1 aromatic carbocycles. The molecular weight excluding hydrogens is 488 g/mol. The highest BCUT2D eigenvalue weighted by molar-refractivity contribution is 6.32. The van der Waals surface area contributed by atoms with Crippen molar-refractivity contribution in [1.82, 2.24) is 9.78 Å². The van der Waals surface area contributed by atoms with Crippen LogP contribution in [0, 0.1) is 23.3 Å². The number of carbonyl (C=O) groups excluding carboxylic acids is 1. The van der Waals surface area contributed by atoms with Gasteiger partial charge in [-0.25, -0.2) is 17.6 Å². The molecule has 2 aromatic rings. The van der Waals surface area contributed by atoms with Gasteiger partial charge < -0.3 is 5.32 Å². The Morgan fingerprint density at radius 2 is 1.50 bits per heavy atom. The summed E-state index contributed by atoms with van der Waals surface area (Å²) < 4.78 is 133. The van der Waals surface area contributed by atoms with E-state index in [1.165, 1.54) is 5.32 Å². The number of carbonyl (C=O) groups is 1. The number of rotatable bonds is 5. The second-order valence-corrected chi connectivity index (χ2v) is 7.22. The van der Waals surface area contributed by atoms with Gasteiger partial charge in [0.2, 0.25) is 5.91 Å². The van der Waals surface area contributed by atoms with Gasteiger partial charge in [-0.15, -0.1) is 0 Å². The molecule has 15 heteroatoms. The number of alkyl halides is 6. The fourth-order valence-electron chi connectivity index (χ4n) is 2.95. The van der Waals surface area contributed by atoms with Gasteiger partial charge in [0.1, 0.15) is 11.3 Å². The summed E-state index contributed by atoms with van der Waals surface area (Å²) in [6, 6.07) is 0. The summed E-state index contributed by atoms with van der Waals surface area (Å²) in [5.74, 6) is -12.2. The molecule has 0 unspecified atom stereocenters. The monoisotopic (exact) mass is 497 g/mol. The van der Waals surface area contributed by atoms with Gasteiger partial charge in [0.25, 0.3) is 0 Å². The lowest BCUT2D eigenvalue weighted by Gasteiger charge is -2.14. The molecule has 1 N–H and O–H groups in total. The van der Waals surface area contributed by atoms with Crippen LogP contribution in [0.2, 0.25) is 5.02 Å². The Balaban J connectivity index is 1.83. The van der Waals surface area contributed by atoms with Crippen LogP contribution in [0.1, 0.15) is 42.1 Å².